The van der Waals surface area contributed by atoms with Crippen LogP contribution in [0, 0.1) is 0 Å². The molecule has 3 aromatic carbocycles. The Kier molecular flexibility index (Phi) is 6.94. The first-order valence-electron chi connectivity index (χ1n) is 10.7. The van der Waals surface area contributed by atoms with E-state index in [0.717, 1.165) is 26.2 Å². The molecule has 0 amide bonds. The largest absolute Gasteiger partial charge is 0.506 e. The zero-order valence-electron chi connectivity index (χ0n) is 18.9. The molecule has 4 aromatic rings. The van der Waals surface area contributed by atoms with E-state index >= 15 is 0 Å². The molecule has 0 bridgehead atoms. The van der Waals surface area contributed by atoms with Crippen LogP contribution in [0.1, 0.15) is 11.7 Å². The molecule has 180 valence electrons. The highest BCUT2D eigenvalue weighted by atomic mass is 32.2. The van der Waals surface area contributed by atoms with Gasteiger partial charge in [-0.05, 0) is 35.9 Å². The van der Waals surface area contributed by atoms with Crippen LogP contribution in [0.2, 0.25) is 0 Å². The lowest BCUT2D eigenvalue weighted by atomic mass is 10.1. The van der Waals surface area contributed by atoms with Gasteiger partial charge in [-0.15, -0.1) is 0 Å². The molecule has 0 aliphatic rings. The van der Waals surface area contributed by atoms with Gasteiger partial charge in [0, 0.05) is 44.0 Å². The van der Waals surface area contributed by atoms with Crippen molar-refractivity contribution in [2.75, 3.05) is 38.5 Å². The van der Waals surface area contributed by atoms with Crippen molar-refractivity contribution in [3.05, 3.63) is 66.2 Å². The number of ether oxygens (including phenoxy) is 1. The molecule has 0 fully saturated rings. The number of phenolic OH excluding ortho intramolecular Hbond substituents is 1. The third-order valence-electron chi connectivity index (χ3n) is 5.36. The molecule has 0 radical (unpaired) electrons. The molecule has 4 rings (SSSR count). The van der Waals surface area contributed by atoms with E-state index in [-0.39, 0.29) is 18.0 Å². The smallest absolute Gasteiger partial charge is 0.301 e. The lowest BCUT2D eigenvalue weighted by Gasteiger charge is -2.17. The van der Waals surface area contributed by atoms with E-state index in [1.54, 1.807) is 0 Å². The topological polar surface area (TPSA) is 124 Å². The Morgan fingerprint density at radius 1 is 1.03 bits per heavy atom. The average molecular weight is 486 g/mol. The predicted molar refractivity (Wildman–Crippen MR) is 131 cm³/mol. The maximum absolute atomic E-state index is 12.0. The van der Waals surface area contributed by atoms with Gasteiger partial charge in [0.1, 0.15) is 29.3 Å². The predicted octanol–water partition coefficient (Wildman–Crippen LogP) is 3.21. The number of anilines is 1. The number of fused-ring (bicyclic) bond motifs is 3. The number of rotatable bonds is 10. The first-order valence-corrected chi connectivity index (χ1v) is 12.1. The van der Waals surface area contributed by atoms with Gasteiger partial charge in [0.15, 0.2) is 0 Å². The molecule has 1 heterocycles. The highest BCUT2D eigenvalue weighted by Gasteiger charge is 2.17. The Bertz CT molecular complexity index is 1400. The van der Waals surface area contributed by atoms with E-state index in [0.29, 0.717) is 24.5 Å². The number of aromatic hydroxyl groups is 1. The number of hydrogen-bond donors (Lipinski definition) is 4. The summed E-state index contributed by atoms with van der Waals surface area (Å²) < 4.78 is 39.0. The lowest BCUT2D eigenvalue weighted by molar-refractivity contribution is 0.172. The monoisotopic (exact) mass is 485 g/mol. The number of benzene rings is 3. The second kappa shape index (κ2) is 9.90. The van der Waals surface area contributed by atoms with Crippen LogP contribution in [0.15, 0.2) is 65.1 Å². The Labute approximate surface area is 197 Å². The number of para-hydroxylation sites is 1. The van der Waals surface area contributed by atoms with Gasteiger partial charge in [-0.3, -0.25) is 4.72 Å². The molecule has 0 spiro atoms. The van der Waals surface area contributed by atoms with Gasteiger partial charge in [-0.25, -0.2) is 0 Å². The van der Waals surface area contributed by atoms with E-state index in [2.05, 4.69) is 10.0 Å². The van der Waals surface area contributed by atoms with Crippen molar-refractivity contribution in [2.24, 2.45) is 0 Å². The Balaban J connectivity index is 1.29. The van der Waals surface area contributed by atoms with Crippen molar-refractivity contribution in [1.82, 2.24) is 9.62 Å². The fourth-order valence-corrected chi connectivity index (χ4v) is 4.09. The molecule has 1 aromatic heterocycles. The van der Waals surface area contributed by atoms with Crippen LogP contribution in [0.3, 0.4) is 0 Å². The third-order valence-corrected chi connectivity index (χ3v) is 6.80. The molecule has 4 N–H and O–H groups in total. The van der Waals surface area contributed by atoms with Gasteiger partial charge < -0.3 is 24.7 Å². The molecule has 9 nitrogen and oxygen atoms in total. The summed E-state index contributed by atoms with van der Waals surface area (Å²) >= 11 is 0. The first kappa shape index (κ1) is 23.8. The van der Waals surface area contributed by atoms with E-state index in [1.165, 1.54) is 32.3 Å². The molecule has 0 aliphatic heterocycles. The van der Waals surface area contributed by atoms with Gasteiger partial charge in [0.05, 0.1) is 11.8 Å². The number of phenols is 1. The minimum absolute atomic E-state index is 0.00503. The van der Waals surface area contributed by atoms with Gasteiger partial charge in [0.2, 0.25) is 0 Å². The van der Waals surface area contributed by atoms with Crippen LogP contribution < -0.4 is 14.8 Å². The number of furan rings is 1. The van der Waals surface area contributed by atoms with Crippen molar-refractivity contribution in [1.29, 1.82) is 0 Å². The molecule has 0 unspecified atom stereocenters. The molecule has 0 aliphatic carbocycles. The van der Waals surface area contributed by atoms with Crippen molar-refractivity contribution >= 4 is 37.8 Å². The van der Waals surface area contributed by atoms with Crippen LogP contribution in [0.4, 0.5) is 5.69 Å². The number of nitrogens with zero attached hydrogens (tertiary/aromatic N) is 1. The summed E-state index contributed by atoms with van der Waals surface area (Å²) in [6, 6.07) is 17.9. The van der Waals surface area contributed by atoms with Crippen LogP contribution in [-0.2, 0) is 10.2 Å². The van der Waals surface area contributed by atoms with Crippen molar-refractivity contribution < 1.29 is 27.8 Å². The third kappa shape index (κ3) is 5.26. The molecular formula is C24H27N3O6S. The second-order valence-electron chi connectivity index (χ2n) is 7.99. The fourth-order valence-electron chi connectivity index (χ4n) is 3.47. The Morgan fingerprint density at radius 3 is 2.59 bits per heavy atom. The highest BCUT2D eigenvalue weighted by Crippen LogP contribution is 2.31. The Hall–Kier alpha value is -3.31. The highest BCUT2D eigenvalue weighted by molar-refractivity contribution is 7.90. The lowest BCUT2D eigenvalue weighted by Crippen LogP contribution is -2.29. The summed E-state index contributed by atoms with van der Waals surface area (Å²) in [5, 5.41) is 25.6. The number of aliphatic hydroxyl groups is 1. The van der Waals surface area contributed by atoms with Crippen LogP contribution in [0.5, 0.6) is 11.5 Å². The van der Waals surface area contributed by atoms with Gasteiger partial charge in [-0.2, -0.15) is 12.7 Å². The summed E-state index contributed by atoms with van der Waals surface area (Å²) in [7, 11) is -1.04. The summed E-state index contributed by atoms with van der Waals surface area (Å²) in [6.45, 7) is 1.08. The summed E-state index contributed by atoms with van der Waals surface area (Å²) in [5.74, 6) is 0.453. The van der Waals surface area contributed by atoms with Crippen molar-refractivity contribution in [2.45, 2.75) is 6.10 Å². The van der Waals surface area contributed by atoms with Crippen molar-refractivity contribution in [3.63, 3.8) is 0 Å². The molecule has 34 heavy (non-hydrogen) atoms. The molecular weight excluding hydrogens is 458 g/mol. The van der Waals surface area contributed by atoms with E-state index in [1.807, 2.05) is 42.5 Å². The maximum Gasteiger partial charge on any atom is 0.301 e. The maximum atomic E-state index is 12.0. The minimum atomic E-state index is -3.79. The van der Waals surface area contributed by atoms with Crippen molar-refractivity contribution in [3.8, 4) is 11.5 Å². The molecule has 1 atom stereocenters. The minimum Gasteiger partial charge on any atom is -0.506 e. The van der Waals surface area contributed by atoms with Gasteiger partial charge in [0.25, 0.3) is 0 Å². The zero-order valence-corrected chi connectivity index (χ0v) is 19.7. The summed E-state index contributed by atoms with van der Waals surface area (Å²) in [5.41, 5.74) is 2.04. The van der Waals surface area contributed by atoms with Crippen LogP contribution in [0.25, 0.3) is 21.9 Å². The summed E-state index contributed by atoms with van der Waals surface area (Å²) in [6.07, 6.45) is -0.907. The zero-order chi connectivity index (χ0) is 24.3. The fraction of sp³-hybridized carbons (Fsp3) is 0.250. The SMILES string of the molecule is CN(C)S(=O)(=O)Nc1cc([C@@H](O)CNCCOc2ccc3c(c2)oc2ccccc23)ccc1O. The average Bonchev–Trinajstić information content (AvgIpc) is 3.17. The van der Waals surface area contributed by atoms with Crippen LogP contribution >= 0.6 is 0 Å². The second-order valence-corrected chi connectivity index (χ2v) is 9.88. The van der Waals surface area contributed by atoms with Gasteiger partial charge >= 0.3 is 10.2 Å². The van der Waals surface area contributed by atoms with Crippen LogP contribution in [-0.4, -0.2) is 56.7 Å². The number of hydrogen-bond acceptors (Lipinski definition) is 7. The molecule has 10 heteroatoms. The molecule has 0 saturated heterocycles. The van der Waals surface area contributed by atoms with E-state index < -0.39 is 16.3 Å². The summed E-state index contributed by atoms with van der Waals surface area (Å²) in [4.78, 5) is 0. The number of nitrogens with one attached hydrogen (secondary N) is 2. The normalized spacial score (nSPS) is 12.9. The first-order chi connectivity index (χ1) is 16.2. The Morgan fingerprint density at radius 2 is 1.79 bits per heavy atom. The van der Waals surface area contributed by atoms with E-state index in [4.69, 9.17) is 9.15 Å². The number of aliphatic hydroxyl groups excluding tert-OH is 1. The quantitative estimate of drug-likeness (QED) is 0.201. The molecule has 0 saturated carbocycles. The standard InChI is InChI=1S/C24H27N3O6S/c1-27(2)34(30,31)26-20-13-16(7-10-21(20)28)22(29)15-25-11-12-32-17-8-9-19-18-5-3-4-6-23(18)33-24(19)14-17/h3-10,13-14,22,25-26,28-29H,11-12,15H2,1-2H3/t22-/m0/s1. The van der Waals surface area contributed by atoms with E-state index in [9.17, 15) is 18.6 Å². The van der Waals surface area contributed by atoms with Gasteiger partial charge in [-0.1, -0.05) is 24.3 Å².